The number of non-ortho nitro benzene ring substituents is 1. The van der Waals surface area contributed by atoms with E-state index in [0.29, 0.717) is 5.41 Å². The van der Waals surface area contributed by atoms with E-state index in [1.165, 1.54) is 0 Å². The average molecular weight is 236 g/mol. The largest absolute Gasteiger partial charge is 0.312 e. The number of rotatable bonds is 6. The maximum absolute atomic E-state index is 10.5. The van der Waals surface area contributed by atoms with Crippen LogP contribution in [0.2, 0.25) is 0 Å². The molecule has 0 unspecified atom stereocenters. The van der Waals surface area contributed by atoms with Crippen molar-refractivity contribution in [1.82, 2.24) is 5.32 Å². The molecule has 4 nitrogen and oxygen atoms in total. The Morgan fingerprint density at radius 3 is 2.35 bits per heavy atom. The molecule has 1 aromatic rings. The number of hydrogen-bond acceptors (Lipinski definition) is 3. The van der Waals surface area contributed by atoms with Gasteiger partial charge in [0, 0.05) is 25.2 Å². The standard InChI is InChI=1S/C13H20N2O2/c1-4-13(2,3)10-14-9-11-5-7-12(8-6-11)15(16)17/h5-8,14H,4,9-10H2,1-3H3. The number of nitrogens with one attached hydrogen (secondary N) is 1. The molecule has 0 amide bonds. The summed E-state index contributed by atoms with van der Waals surface area (Å²) in [5, 5.41) is 13.9. The second kappa shape index (κ2) is 5.77. The summed E-state index contributed by atoms with van der Waals surface area (Å²) in [5.74, 6) is 0. The van der Waals surface area contributed by atoms with Crippen LogP contribution in [0.3, 0.4) is 0 Å². The fourth-order valence-corrected chi connectivity index (χ4v) is 1.41. The highest BCUT2D eigenvalue weighted by Crippen LogP contribution is 2.18. The van der Waals surface area contributed by atoms with Crippen molar-refractivity contribution < 1.29 is 4.92 Å². The van der Waals surface area contributed by atoms with Gasteiger partial charge in [-0.2, -0.15) is 0 Å². The topological polar surface area (TPSA) is 55.2 Å². The van der Waals surface area contributed by atoms with Crippen molar-refractivity contribution in [3.8, 4) is 0 Å². The summed E-state index contributed by atoms with van der Waals surface area (Å²) in [5.41, 5.74) is 1.51. The molecule has 1 rings (SSSR count). The van der Waals surface area contributed by atoms with Crippen molar-refractivity contribution in [1.29, 1.82) is 0 Å². The Kier molecular flexibility index (Phi) is 4.63. The van der Waals surface area contributed by atoms with Crippen LogP contribution in [0.15, 0.2) is 24.3 Å². The second-order valence-electron chi connectivity index (χ2n) is 5.04. The molecule has 17 heavy (non-hydrogen) atoms. The number of benzene rings is 1. The Bertz CT molecular complexity index is 372. The molecule has 0 aliphatic heterocycles. The van der Waals surface area contributed by atoms with Crippen LogP contribution in [-0.4, -0.2) is 11.5 Å². The fraction of sp³-hybridized carbons (Fsp3) is 0.538. The molecule has 0 atom stereocenters. The Morgan fingerprint density at radius 2 is 1.88 bits per heavy atom. The summed E-state index contributed by atoms with van der Waals surface area (Å²) in [7, 11) is 0. The summed E-state index contributed by atoms with van der Waals surface area (Å²) >= 11 is 0. The van der Waals surface area contributed by atoms with Crippen LogP contribution in [0, 0.1) is 15.5 Å². The van der Waals surface area contributed by atoms with Crippen LogP contribution < -0.4 is 5.32 Å². The Balaban J connectivity index is 2.45. The van der Waals surface area contributed by atoms with Gasteiger partial charge in [-0.15, -0.1) is 0 Å². The van der Waals surface area contributed by atoms with Crippen molar-refractivity contribution in [2.24, 2.45) is 5.41 Å². The monoisotopic (exact) mass is 236 g/mol. The van der Waals surface area contributed by atoms with E-state index in [0.717, 1.165) is 25.1 Å². The van der Waals surface area contributed by atoms with Gasteiger partial charge in [-0.05, 0) is 17.4 Å². The van der Waals surface area contributed by atoms with E-state index < -0.39 is 0 Å². The Labute approximate surface area is 102 Å². The minimum Gasteiger partial charge on any atom is -0.312 e. The first-order chi connectivity index (χ1) is 7.94. The maximum atomic E-state index is 10.5. The first-order valence-electron chi connectivity index (χ1n) is 5.88. The summed E-state index contributed by atoms with van der Waals surface area (Å²) in [6.07, 6.45) is 1.13. The van der Waals surface area contributed by atoms with E-state index in [1.54, 1.807) is 24.3 Å². The molecule has 0 spiro atoms. The Hall–Kier alpha value is -1.42. The molecular weight excluding hydrogens is 216 g/mol. The summed E-state index contributed by atoms with van der Waals surface area (Å²) in [4.78, 5) is 10.1. The van der Waals surface area contributed by atoms with Crippen molar-refractivity contribution in [3.05, 3.63) is 39.9 Å². The smallest absolute Gasteiger partial charge is 0.269 e. The van der Waals surface area contributed by atoms with Crippen LogP contribution in [0.1, 0.15) is 32.8 Å². The third-order valence-corrected chi connectivity index (χ3v) is 3.04. The molecule has 94 valence electrons. The molecule has 0 radical (unpaired) electrons. The van der Waals surface area contributed by atoms with Gasteiger partial charge >= 0.3 is 0 Å². The lowest BCUT2D eigenvalue weighted by Crippen LogP contribution is -2.28. The van der Waals surface area contributed by atoms with E-state index in [9.17, 15) is 10.1 Å². The molecule has 4 heteroatoms. The predicted molar refractivity (Wildman–Crippen MR) is 68.9 cm³/mol. The van der Waals surface area contributed by atoms with Gasteiger partial charge in [0.15, 0.2) is 0 Å². The molecule has 0 aliphatic rings. The van der Waals surface area contributed by atoms with E-state index in [-0.39, 0.29) is 10.6 Å². The highest BCUT2D eigenvalue weighted by Gasteiger charge is 2.13. The van der Waals surface area contributed by atoms with Crippen LogP contribution in [-0.2, 0) is 6.54 Å². The Morgan fingerprint density at radius 1 is 1.29 bits per heavy atom. The fourth-order valence-electron chi connectivity index (χ4n) is 1.41. The molecule has 0 saturated heterocycles. The normalized spacial score (nSPS) is 11.5. The number of hydrogen-bond donors (Lipinski definition) is 1. The molecule has 0 saturated carbocycles. The van der Waals surface area contributed by atoms with Gasteiger partial charge in [-0.25, -0.2) is 0 Å². The quantitative estimate of drug-likeness (QED) is 0.610. The molecular formula is C13H20N2O2. The van der Waals surface area contributed by atoms with Gasteiger partial charge < -0.3 is 5.32 Å². The highest BCUT2D eigenvalue weighted by molar-refractivity contribution is 5.32. The molecule has 1 aromatic carbocycles. The van der Waals surface area contributed by atoms with Gasteiger partial charge in [0.05, 0.1) is 4.92 Å². The summed E-state index contributed by atoms with van der Waals surface area (Å²) in [6.45, 7) is 8.31. The molecule has 0 fully saturated rings. The zero-order chi connectivity index (χ0) is 12.9. The summed E-state index contributed by atoms with van der Waals surface area (Å²) < 4.78 is 0. The summed E-state index contributed by atoms with van der Waals surface area (Å²) in [6, 6.07) is 6.68. The molecule has 0 bridgehead atoms. The zero-order valence-corrected chi connectivity index (χ0v) is 10.7. The number of nitro groups is 1. The molecule has 0 aromatic heterocycles. The van der Waals surface area contributed by atoms with Crippen molar-refractivity contribution in [2.45, 2.75) is 33.7 Å². The third-order valence-electron chi connectivity index (χ3n) is 3.04. The molecule has 0 aliphatic carbocycles. The van der Waals surface area contributed by atoms with Crippen molar-refractivity contribution in [2.75, 3.05) is 6.54 Å². The van der Waals surface area contributed by atoms with Gasteiger partial charge in [-0.3, -0.25) is 10.1 Å². The SMILES string of the molecule is CCC(C)(C)CNCc1ccc([N+](=O)[O-])cc1. The second-order valence-corrected chi connectivity index (χ2v) is 5.04. The first-order valence-corrected chi connectivity index (χ1v) is 5.88. The van der Waals surface area contributed by atoms with Crippen LogP contribution in [0.25, 0.3) is 0 Å². The molecule has 1 N–H and O–H groups in total. The van der Waals surface area contributed by atoms with E-state index >= 15 is 0 Å². The maximum Gasteiger partial charge on any atom is 0.269 e. The minimum absolute atomic E-state index is 0.141. The number of nitro benzene ring substituents is 1. The highest BCUT2D eigenvalue weighted by atomic mass is 16.6. The predicted octanol–water partition coefficient (Wildman–Crippen LogP) is 3.12. The van der Waals surface area contributed by atoms with Gasteiger partial charge in [0.1, 0.15) is 0 Å². The van der Waals surface area contributed by atoms with Crippen molar-refractivity contribution in [3.63, 3.8) is 0 Å². The molecule has 0 heterocycles. The van der Waals surface area contributed by atoms with E-state index in [1.807, 2.05) is 0 Å². The number of nitrogens with zero attached hydrogens (tertiary/aromatic N) is 1. The van der Waals surface area contributed by atoms with Crippen LogP contribution in [0.5, 0.6) is 0 Å². The van der Waals surface area contributed by atoms with Crippen molar-refractivity contribution >= 4 is 5.69 Å². The van der Waals surface area contributed by atoms with Crippen LogP contribution >= 0.6 is 0 Å². The van der Waals surface area contributed by atoms with E-state index in [4.69, 9.17) is 0 Å². The van der Waals surface area contributed by atoms with Gasteiger partial charge in [-0.1, -0.05) is 32.9 Å². The average Bonchev–Trinajstić information content (AvgIpc) is 2.29. The first kappa shape index (κ1) is 13.6. The lowest BCUT2D eigenvalue weighted by atomic mass is 9.90. The van der Waals surface area contributed by atoms with Gasteiger partial charge in [0.2, 0.25) is 0 Å². The van der Waals surface area contributed by atoms with E-state index in [2.05, 4.69) is 26.1 Å². The minimum atomic E-state index is -0.378. The lowest BCUT2D eigenvalue weighted by molar-refractivity contribution is -0.384. The van der Waals surface area contributed by atoms with Gasteiger partial charge in [0.25, 0.3) is 5.69 Å². The van der Waals surface area contributed by atoms with Crippen LogP contribution in [0.4, 0.5) is 5.69 Å². The third kappa shape index (κ3) is 4.53. The zero-order valence-electron chi connectivity index (χ0n) is 10.7. The lowest BCUT2D eigenvalue weighted by Gasteiger charge is -2.22.